The molecule has 0 atom stereocenters. The van der Waals surface area contributed by atoms with E-state index in [1.807, 2.05) is 6.07 Å². The molecule has 0 aliphatic carbocycles. The lowest BCUT2D eigenvalue weighted by Gasteiger charge is -2.21. The Kier molecular flexibility index (Phi) is 2.99. The molecule has 1 aromatic carbocycles. The van der Waals surface area contributed by atoms with Gasteiger partial charge in [0.1, 0.15) is 11.5 Å². The summed E-state index contributed by atoms with van der Waals surface area (Å²) in [5.41, 5.74) is 1.58. The standard InChI is InChI=1S/C12H15NO3/c1-13-12(14)9-5-6-10(15-2)8-4-3-7-16-11(8)9/h5-6H,3-4,7H2,1-2H3,(H,13,14). The fraction of sp³-hybridized carbons (Fsp3) is 0.417. The van der Waals surface area contributed by atoms with Crippen molar-refractivity contribution in [3.8, 4) is 11.5 Å². The number of amides is 1. The number of carbonyl (C=O) groups is 1. The minimum atomic E-state index is -0.124. The number of ether oxygens (including phenoxy) is 2. The van der Waals surface area contributed by atoms with Crippen molar-refractivity contribution in [3.05, 3.63) is 23.3 Å². The summed E-state index contributed by atoms with van der Waals surface area (Å²) in [4.78, 5) is 11.7. The smallest absolute Gasteiger partial charge is 0.254 e. The SMILES string of the molecule is CNC(=O)c1ccc(OC)c2c1OCCC2. The molecule has 1 amide bonds. The summed E-state index contributed by atoms with van der Waals surface area (Å²) in [6, 6.07) is 3.56. The molecule has 1 aromatic rings. The topological polar surface area (TPSA) is 47.6 Å². The van der Waals surface area contributed by atoms with Gasteiger partial charge in [0.25, 0.3) is 5.91 Å². The van der Waals surface area contributed by atoms with Gasteiger partial charge in [-0.05, 0) is 25.0 Å². The third kappa shape index (κ3) is 1.71. The number of hydrogen-bond acceptors (Lipinski definition) is 3. The molecule has 1 N–H and O–H groups in total. The largest absolute Gasteiger partial charge is 0.496 e. The van der Waals surface area contributed by atoms with E-state index in [2.05, 4.69) is 5.32 Å². The van der Waals surface area contributed by atoms with Crippen LogP contribution in [0.4, 0.5) is 0 Å². The van der Waals surface area contributed by atoms with Crippen molar-refractivity contribution in [1.82, 2.24) is 5.32 Å². The van der Waals surface area contributed by atoms with Crippen molar-refractivity contribution in [2.75, 3.05) is 20.8 Å². The van der Waals surface area contributed by atoms with Crippen LogP contribution < -0.4 is 14.8 Å². The molecule has 4 heteroatoms. The first-order valence-corrected chi connectivity index (χ1v) is 5.32. The fourth-order valence-electron chi connectivity index (χ4n) is 1.94. The van der Waals surface area contributed by atoms with Gasteiger partial charge in [0.2, 0.25) is 0 Å². The van der Waals surface area contributed by atoms with Gasteiger partial charge in [0, 0.05) is 12.6 Å². The molecule has 2 rings (SSSR count). The van der Waals surface area contributed by atoms with Crippen LogP contribution in [-0.2, 0) is 6.42 Å². The molecule has 16 heavy (non-hydrogen) atoms. The van der Waals surface area contributed by atoms with Gasteiger partial charge < -0.3 is 14.8 Å². The van der Waals surface area contributed by atoms with Gasteiger partial charge in [-0.3, -0.25) is 4.79 Å². The molecular formula is C12H15NO3. The second-order valence-corrected chi connectivity index (χ2v) is 3.65. The average Bonchev–Trinajstić information content (AvgIpc) is 2.36. The van der Waals surface area contributed by atoms with Crippen LogP contribution in [-0.4, -0.2) is 26.7 Å². The van der Waals surface area contributed by atoms with Gasteiger partial charge in [-0.15, -0.1) is 0 Å². The highest BCUT2D eigenvalue weighted by atomic mass is 16.5. The van der Waals surface area contributed by atoms with E-state index in [-0.39, 0.29) is 5.91 Å². The molecule has 1 aliphatic heterocycles. The van der Waals surface area contributed by atoms with Crippen LogP contribution in [0.1, 0.15) is 22.3 Å². The van der Waals surface area contributed by atoms with E-state index in [4.69, 9.17) is 9.47 Å². The first-order chi connectivity index (χ1) is 7.77. The zero-order valence-corrected chi connectivity index (χ0v) is 9.50. The van der Waals surface area contributed by atoms with Gasteiger partial charge in [-0.1, -0.05) is 0 Å². The molecule has 1 heterocycles. The highest BCUT2D eigenvalue weighted by molar-refractivity contribution is 5.97. The Hall–Kier alpha value is -1.71. The van der Waals surface area contributed by atoms with Crippen molar-refractivity contribution in [2.24, 2.45) is 0 Å². The molecular weight excluding hydrogens is 206 g/mol. The molecule has 0 saturated heterocycles. The highest BCUT2D eigenvalue weighted by Crippen LogP contribution is 2.35. The van der Waals surface area contributed by atoms with Gasteiger partial charge in [0.05, 0.1) is 19.3 Å². The lowest BCUT2D eigenvalue weighted by molar-refractivity contribution is 0.0958. The van der Waals surface area contributed by atoms with Crippen molar-refractivity contribution in [2.45, 2.75) is 12.8 Å². The molecule has 1 aliphatic rings. The summed E-state index contributed by atoms with van der Waals surface area (Å²) in [6.07, 6.45) is 1.85. The quantitative estimate of drug-likeness (QED) is 0.820. The molecule has 0 spiro atoms. The highest BCUT2D eigenvalue weighted by Gasteiger charge is 2.22. The fourth-order valence-corrected chi connectivity index (χ4v) is 1.94. The van der Waals surface area contributed by atoms with Crippen LogP contribution in [0.2, 0.25) is 0 Å². The zero-order chi connectivity index (χ0) is 11.5. The Labute approximate surface area is 94.6 Å². The van der Waals surface area contributed by atoms with Crippen molar-refractivity contribution in [1.29, 1.82) is 0 Å². The van der Waals surface area contributed by atoms with Crippen LogP contribution in [0.15, 0.2) is 12.1 Å². The van der Waals surface area contributed by atoms with Crippen LogP contribution >= 0.6 is 0 Å². The third-order valence-electron chi connectivity index (χ3n) is 2.73. The number of methoxy groups -OCH3 is 1. The number of hydrogen-bond donors (Lipinski definition) is 1. The molecule has 0 unspecified atom stereocenters. The number of nitrogens with one attached hydrogen (secondary N) is 1. The van der Waals surface area contributed by atoms with Crippen LogP contribution in [0.5, 0.6) is 11.5 Å². The summed E-state index contributed by atoms with van der Waals surface area (Å²) < 4.78 is 10.8. The van der Waals surface area contributed by atoms with Gasteiger partial charge in [-0.25, -0.2) is 0 Å². The monoisotopic (exact) mass is 221 g/mol. The predicted octanol–water partition coefficient (Wildman–Crippen LogP) is 1.38. The molecule has 4 nitrogen and oxygen atoms in total. The Morgan fingerprint density at radius 2 is 2.31 bits per heavy atom. The Morgan fingerprint density at radius 3 is 3.00 bits per heavy atom. The molecule has 0 radical (unpaired) electrons. The number of benzene rings is 1. The van der Waals surface area contributed by atoms with Crippen molar-refractivity contribution >= 4 is 5.91 Å². The molecule has 86 valence electrons. The first-order valence-electron chi connectivity index (χ1n) is 5.32. The van der Waals surface area contributed by atoms with Crippen LogP contribution in [0, 0.1) is 0 Å². The van der Waals surface area contributed by atoms with Crippen molar-refractivity contribution in [3.63, 3.8) is 0 Å². The first kappa shape index (κ1) is 10.8. The van der Waals surface area contributed by atoms with Crippen molar-refractivity contribution < 1.29 is 14.3 Å². The van der Waals surface area contributed by atoms with E-state index in [1.165, 1.54) is 0 Å². The maximum absolute atomic E-state index is 11.7. The summed E-state index contributed by atoms with van der Waals surface area (Å²) in [5, 5.41) is 2.61. The maximum Gasteiger partial charge on any atom is 0.254 e. The molecule has 0 aromatic heterocycles. The summed E-state index contributed by atoms with van der Waals surface area (Å²) in [6.45, 7) is 0.657. The minimum absolute atomic E-state index is 0.124. The summed E-state index contributed by atoms with van der Waals surface area (Å²) in [5.74, 6) is 1.34. The normalized spacial score (nSPS) is 13.6. The third-order valence-corrected chi connectivity index (χ3v) is 2.73. The Balaban J connectivity index is 2.52. The number of rotatable bonds is 2. The number of fused-ring (bicyclic) bond motifs is 1. The van der Waals surface area contributed by atoms with Gasteiger partial charge in [0.15, 0.2) is 0 Å². The van der Waals surface area contributed by atoms with E-state index in [1.54, 1.807) is 20.2 Å². The van der Waals surface area contributed by atoms with E-state index in [0.29, 0.717) is 17.9 Å². The molecule has 0 fully saturated rings. The Bertz CT molecular complexity index is 415. The van der Waals surface area contributed by atoms with E-state index in [0.717, 1.165) is 24.2 Å². The average molecular weight is 221 g/mol. The molecule has 0 bridgehead atoms. The van der Waals surface area contributed by atoms with E-state index >= 15 is 0 Å². The minimum Gasteiger partial charge on any atom is -0.496 e. The maximum atomic E-state index is 11.7. The summed E-state index contributed by atoms with van der Waals surface area (Å²) >= 11 is 0. The number of carbonyl (C=O) groups excluding carboxylic acids is 1. The lowest BCUT2D eigenvalue weighted by atomic mass is 10.0. The van der Waals surface area contributed by atoms with Crippen LogP contribution in [0.25, 0.3) is 0 Å². The second kappa shape index (κ2) is 4.43. The zero-order valence-electron chi connectivity index (χ0n) is 9.50. The molecule has 0 saturated carbocycles. The van der Waals surface area contributed by atoms with Crippen LogP contribution in [0.3, 0.4) is 0 Å². The van der Waals surface area contributed by atoms with E-state index < -0.39 is 0 Å². The predicted molar refractivity (Wildman–Crippen MR) is 60.2 cm³/mol. The second-order valence-electron chi connectivity index (χ2n) is 3.65. The lowest BCUT2D eigenvalue weighted by Crippen LogP contribution is -2.21. The van der Waals surface area contributed by atoms with Gasteiger partial charge >= 0.3 is 0 Å². The van der Waals surface area contributed by atoms with E-state index in [9.17, 15) is 4.79 Å². The summed E-state index contributed by atoms with van der Waals surface area (Å²) in [7, 11) is 3.24. The Morgan fingerprint density at radius 1 is 1.50 bits per heavy atom. The van der Waals surface area contributed by atoms with Gasteiger partial charge in [-0.2, -0.15) is 0 Å².